The summed E-state index contributed by atoms with van der Waals surface area (Å²) in [5.41, 5.74) is 8.37. The van der Waals surface area contributed by atoms with E-state index in [1.165, 1.54) is 25.7 Å². The molecule has 5 N–H and O–H groups in total. The van der Waals surface area contributed by atoms with Crippen LogP contribution in [0.25, 0.3) is 54.6 Å². The number of rotatable bonds is 11. The van der Waals surface area contributed by atoms with Crippen molar-refractivity contribution in [3.8, 4) is 0 Å². The number of H-pyrrole nitrogens is 1. The van der Waals surface area contributed by atoms with Gasteiger partial charge < -0.3 is 21.4 Å². The molecule has 224 valence electrons. The van der Waals surface area contributed by atoms with Crippen molar-refractivity contribution in [1.29, 1.82) is 0 Å². The van der Waals surface area contributed by atoms with Crippen LogP contribution in [0, 0.1) is 0 Å². The maximum absolute atomic E-state index is 13.7. The molecule has 44 heavy (non-hydrogen) atoms. The van der Waals surface area contributed by atoms with Crippen LogP contribution in [0.1, 0.15) is 66.4 Å². The van der Waals surface area contributed by atoms with Gasteiger partial charge in [0.05, 0.1) is 27.5 Å². The molecule has 10 nitrogen and oxygen atoms in total. The fourth-order valence-electron chi connectivity index (χ4n) is 5.58. The molecule has 0 radical (unpaired) electrons. The zero-order chi connectivity index (χ0) is 30.6. The van der Waals surface area contributed by atoms with E-state index >= 15 is 0 Å². The Labute approximate surface area is 253 Å². The topological polar surface area (TPSA) is 156 Å². The van der Waals surface area contributed by atoms with E-state index in [2.05, 4.69) is 27.5 Å². The standard InChI is InChI=1S/C34H35N7O3/c1-2-3-4-5-6-7-17-36-33(43)25-14-11-20-8-9-22-19-24-31(42)23-13-10-21-12-15-26(34(44)37-18-16-35)39-28(21)30(23)41-32(24)40-29(22)27(20)38-25/h8-15,19H,2-7,16-18,35H2,1H3,(H,36,43)(H,37,44)(H,40,41,42). The van der Waals surface area contributed by atoms with Crippen molar-refractivity contribution < 1.29 is 9.59 Å². The highest BCUT2D eigenvalue weighted by atomic mass is 16.2. The number of hydrogen-bond donors (Lipinski definition) is 4. The lowest BCUT2D eigenvalue weighted by Gasteiger charge is -2.10. The molecule has 0 unspecified atom stereocenters. The van der Waals surface area contributed by atoms with E-state index in [0.29, 0.717) is 63.8 Å². The number of pyridine rings is 4. The van der Waals surface area contributed by atoms with Crippen LogP contribution in [0.3, 0.4) is 0 Å². The number of carbonyl (C=O) groups is 2. The molecular weight excluding hydrogens is 554 g/mol. The Kier molecular flexibility index (Phi) is 8.42. The van der Waals surface area contributed by atoms with Crippen LogP contribution in [0.4, 0.5) is 0 Å². The lowest BCUT2D eigenvalue weighted by molar-refractivity contribution is 0.0941. The molecule has 6 aromatic rings. The quantitative estimate of drug-likeness (QED) is 0.0930. The van der Waals surface area contributed by atoms with Crippen LogP contribution in [-0.2, 0) is 0 Å². The number of unbranched alkanes of at least 4 members (excludes halogenated alkanes) is 5. The number of aromatic nitrogens is 4. The predicted molar refractivity (Wildman–Crippen MR) is 175 cm³/mol. The van der Waals surface area contributed by atoms with Crippen LogP contribution in [0.2, 0.25) is 0 Å². The highest BCUT2D eigenvalue weighted by Gasteiger charge is 2.16. The van der Waals surface area contributed by atoms with Gasteiger partial charge in [0.25, 0.3) is 11.8 Å². The fourth-order valence-corrected chi connectivity index (χ4v) is 5.58. The molecule has 4 heterocycles. The second-order valence-corrected chi connectivity index (χ2v) is 11.1. The molecule has 0 atom stereocenters. The zero-order valence-corrected chi connectivity index (χ0v) is 24.7. The summed E-state index contributed by atoms with van der Waals surface area (Å²) in [6.07, 6.45) is 6.89. The molecule has 0 saturated carbocycles. The minimum absolute atomic E-state index is 0.194. The largest absolute Gasteiger partial charge is 0.351 e. The number of aromatic amines is 1. The summed E-state index contributed by atoms with van der Waals surface area (Å²) >= 11 is 0. The highest BCUT2D eigenvalue weighted by Crippen LogP contribution is 2.27. The third-order valence-electron chi connectivity index (χ3n) is 7.95. The molecule has 0 saturated heterocycles. The lowest BCUT2D eigenvalue weighted by Crippen LogP contribution is -2.29. The van der Waals surface area contributed by atoms with Gasteiger partial charge in [-0.1, -0.05) is 69.4 Å². The number of hydrogen-bond acceptors (Lipinski definition) is 7. The van der Waals surface area contributed by atoms with E-state index in [-0.39, 0.29) is 22.9 Å². The van der Waals surface area contributed by atoms with Gasteiger partial charge in [0.2, 0.25) is 0 Å². The first kappa shape index (κ1) is 29.1. The van der Waals surface area contributed by atoms with Gasteiger partial charge in [0.1, 0.15) is 17.0 Å². The van der Waals surface area contributed by atoms with Crippen LogP contribution in [0.5, 0.6) is 0 Å². The Morgan fingerprint density at radius 2 is 1.30 bits per heavy atom. The molecule has 0 bridgehead atoms. The lowest BCUT2D eigenvalue weighted by atomic mass is 10.1. The van der Waals surface area contributed by atoms with Crippen LogP contribution in [-0.4, -0.2) is 51.4 Å². The van der Waals surface area contributed by atoms with E-state index < -0.39 is 0 Å². The Bertz CT molecular complexity index is 2110. The minimum atomic E-state index is -0.342. The number of fused-ring (bicyclic) bond motifs is 7. The van der Waals surface area contributed by atoms with E-state index in [1.807, 2.05) is 24.3 Å². The molecule has 0 aliphatic heterocycles. The molecule has 0 fully saturated rings. The molecule has 4 aromatic heterocycles. The van der Waals surface area contributed by atoms with Crippen molar-refractivity contribution in [3.63, 3.8) is 0 Å². The van der Waals surface area contributed by atoms with E-state index in [1.54, 1.807) is 30.3 Å². The monoisotopic (exact) mass is 589 g/mol. The van der Waals surface area contributed by atoms with Crippen molar-refractivity contribution in [2.75, 3.05) is 19.6 Å². The third-order valence-corrected chi connectivity index (χ3v) is 7.95. The number of nitrogens with one attached hydrogen (secondary N) is 3. The van der Waals surface area contributed by atoms with Gasteiger partial charge >= 0.3 is 0 Å². The van der Waals surface area contributed by atoms with E-state index in [4.69, 9.17) is 15.7 Å². The Hall–Kier alpha value is -4.96. The highest BCUT2D eigenvalue weighted by molar-refractivity contribution is 6.11. The molecular formula is C34H35N7O3. The number of carbonyl (C=O) groups excluding carboxylic acids is 2. The zero-order valence-electron chi connectivity index (χ0n) is 24.7. The van der Waals surface area contributed by atoms with Gasteiger partial charge in [-0.3, -0.25) is 14.4 Å². The van der Waals surface area contributed by atoms with Crippen LogP contribution in [0.15, 0.2) is 59.4 Å². The van der Waals surface area contributed by atoms with Crippen molar-refractivity contribution in [1.82, 2.24) is 30.6 Å². The Morgan fingerprint density at radius 1 is 0.705 bits per heavy atom. The maximum atomic E-state index is 13.7. The minimum Gasteiger partial charge on any atom is -0.351 e. The fraction of sp³-hybridized carbons (Fsp3) is 0.294. The third kappa shape index (κ3) is 5.68. The molecule has 0 aliphatic rings. The van der Waals surface area contributed by atoms with E-state index in [9.17, 15) is 14.4 Å². The summed E-state index contributed by atoms with van der Waals surface area (Å²) in [4.78, 5) is 56.7. The number of nitrogens with zero attached hydrogens (tertiary/aromatic N) is 3. The van der Waals surface area contributed by atoms with Gasteiger partial charge in [-0.15, -0.1) is 0 Å². The van der Waals surface area contributed by atoms with Crippen molar-refractivity contribution in [2.24, 2.45) is 5.73 Å². The number of benzene rings is 2. The predicted octanol–water partition coefficient (Wildman–Crippen LogP) is 5.10. The van der Waals surface area contributed by atoms with Gasteiger partial charge in [0, 0.05) is 41.2 Å². The smallest absolute Gasteiger partial charge is 0.269 e. The normalized spacial score (nSPS) is 11.6. The molecule has 2 amide bonds. The van der Waals surface area contributed by atoms with Crippen molar-refractivity contribution in [2.45, 2.75) is 45.4 Å². The molecule has 6 rings (SSSR count). The second-order valence-electron chi connectivity index (χ2n) is 11.1. The molecule has 2 aromatic carbocycles. The van der Waals surface area contributed by atoms with Gasteiger partial charge in [-0.05, 0) is 30.7 Å². The van der Waals surface area contributed by atoms with Gasteiger partial charge in [-0.25, -0.2) is 15.0 Å². The van der Waals surface area contributed by atoms with Gasteiger partial charge in [-0.2, -0.15) is 0 Å². The van der Waals surface area contributed by atoms with Crippen LogP contribution < -0.4 is 21.8 Å². The summed E-state index contributed by atoms with van der Waals surface area (Å²) in [6, 6.07) is 16.2. The summed E-state index contributed by atoms with van der Waals surface area (Å²) in [5.74, 6) is -0.563. The summed E-state index contributed by atoms with van der Waals surface area (Å²) in [6.45, 7) is 3.45. The number of nitrogens with two attached hydrogens (primary N) is 1. The first-order valence-corrected chi connectivity index (χ1v) is 15.2. The summed E-state index contributed by atoms with van der Waals surface area (Å²) < 4.78 is 0. The average molecular weight is 590 g/mol. The van der Waals surface area contributed by atoms with Crippen molar-refractivity contribution in [3.05, 3.63) is 76.2 Å². The molecule has 0 spiro atoms. The molecule has 10 heteroatoms. The van der Waals surface area contributed by atoms with E-state index in [0.717, 1.165) is 29.0 Å². The number of amides is 2. The first-order chi connectivity index (χ1) is 21.5. The Balaban J connectivity index is 1.39. The van der Waals surface area contributed by atoms with Crippen LogP contribution >= 0.6 is 0 Å². The SMILES string of the molecule is CCCCCCCCNC(=O)c1ccc2ccc3cc4c(=O)c5ccc6ccc(C(=O)NCCN)nc6c5[nH]c4nc3c2n1. The van der Waals surface area contributed by atoms with Gasteiger partial charge in [0.15, 0.2) is 5.43 Å². The van der Waals surface area contributed by atoms with Crippen molar-refractivity contribution >= 4 is 66.5 Å². The summed E-state index contributed by atoms with van der Waals surface area (Å²) in [5, 5.41) is 8.93. The first-order valence-electron chi connectivity index (χ1n) is 15.2. The Morgan fingerprint density at radius 3 is 2.05 bits per heavy atom. The average Bonchev–Trinajstić information content (AvgIpc) is 3.05. The second kappa shape index (κ2) is 12.7. The summed E-state index contributed by atoms with van der Waals surface area (Å²) in [7, 11) is 0. The maximum Gasteiger partial charge on any atom is 0.269 e. The molecule has 0 aliphatic carbocycles.